The van der Waals surface area contributed by atoms with Crippen LogP contribution in [0.5, 0.6) is 5.75 Å². The van der Waals surface area contributed by atoms with Gasteiger partial charge in [0.25, 0.3) is 5.91 Å². The van der Waals surface area contributed by atoms with Crippen LogP contribution < -0.4 is 10.1 Å². The van der Waals surface area contributed by atoms with Crippen LogP contribution in [0.25, 0.3) is 11.3 Å². The molecule has 0 radical (unpaired) electrons. The first kappa shape index (κ1) is 16.3. The number of halogens is 1. The standard InChI is InChI=1S/C18H16BrN3O2/c1-24-15-7-2-4-12(8-15)10-20-18(23)16-11-21-22-17(16)13-5-3-6-14(19)9-13/h2-9,11H,10H2,1H3,(H,20,23)(H,21,22). The van der Waals surface area contributed by atoms with Gasteiger partial charge in [0, 0.05) is 16.6 Å². The van der Waals surface area contributed by atoms with Gasteiger partial charge in [0.1, 0.15) is 5.75 Å². The van der Waals surface area contributed by atoms with Crippen LogP contribution in [0, 0.1) is 0 Å². The highest BCUT2D eigenvalue weighted by Crippen LogP contribution is 2.24. The average molecular weight is 386 g/mol. The average Bonchev–Trinajstić information content (AvgIpc) is 3.10. The number of carbonyl (C=O) groups is 1. The Morgan fingerprint density at radius 3 is 2.88 bits per heavy atom. The summed E-state index contributed by atoms with van der Waals surface area (Å²) in [5, 5.41) is 9.82. The number of hydrogen-bond acceptors (Lipinski definition) is 3. The van der Waals surface area contributed by atoms with E-state index in [9.17, 15) is 4.79 Å². The molecule has 1 amide bonds. The molecule has 3 rings (SSSR count). The molecule has 0 spiro atoms. The van der Waals surface area contributed by atoms with Gasteiger partial charge in [-0.05, 0) is 29.8 Å². The molecule has 0 saturated carbocycles. The lowest BCUT2D eigenvalue weighted by Gasteiger charge is -2.07. The van der Waals surface area contributed by atoms with Crippen molar-refractivity contribution in [2.24, 2.45) is 0 Å². The number of nitrogens with zero attached hydrogens (tertiary/aromatic N) is 1. The maximum Gasteiger partial charge on any atom is 0.255 e. The summed E-state index contributed by atoms with van der Waals surface area (Å²) in [6, 6.07) is 15.3. The maximum atomic E-state index is 12.5. The van der Waals surface area contributed by atoms with Crippen LogP contribution in [-0.4, -0.2) is 23.2 Å². The number of benzene rings is 2. The molecular formula is C18H16BrN3O2. The van der Waals surface area contributed by atoms with Crippen molar-refractivity contribution in [3.05, 3.63) is 70.3 Å². The van der Waals surface area contributed by atoms with E-state index in [1.54, 1.807) is 7.11 Å². The SMILES string of the molecule is COc1cccc(CNC(=O)c2cn[nH]c2-c2cccc(Br)c2)c1. The van der Waals surface area contributed by atoms with Crippen LogP contribution in [0.3, 0.4) is 0 Å². The number of rotatable bonds is 5. The van der Waals surface area contributed by atoms with Gasteiger partial charge in [0.15, 0.2) is 0 Å². The summed E-state index contributed by atoms with van der Waals surface area (Å²) < 4.78 is 6.13. The number of amides is 1. The lowest BCUT2D eigenvalue weighted by Crippen LogP contribution is -2.23. The fraction of sp³-hybridized carbons (Fsp3) is 0.111. The molecule has 0 fully saturated rings. The Hall–Kier alpha value is -2.60. The molecule has 1 heterocycles. The monoisotopic (exact) mass is 385 g/mol. The molecule has 0 aliphatic heterocycles. The second-order valence-electron chi connectivity index (χ2n) is 5.20. The maximum absolute atomic E-state index is 12.5. The molecule has 0 bridgehead atoms. The quantitative estimate of drug-likeness (QED) is 0.702. The molecule has 0 atom stereocenters. The molecule has 3 aromatic rings. The third-order valence-electron chi connectivity index (χ3n) is 3.58. The minimum Gasteiger partial charge on any atom is -0.497 e. The minimum absolute atomic E-state index is 0.179. The first-order valence-electron chi connectivity index (χ1n) is 7.38. The Morgan fingerprint density at radius 2 is 2.08 bits per heavy atom. The highest BCUT2D eigenvalue weighted by Gasteiger charge is 2.15. The van der Waals surface area contributed by atoms with E-state index >= 15 is 0 Å². The third kappa shape index (κ3) is 3.65. The minimum atomic E-state index is -0.179. The van der Waals surface area contributed by atoms with Gasteiger partial charge in [-0.15, -0.1) is 0 Å². The Balaban J connectivity index is 1.75. The van der Waals surface area contributed by atoms with Crippen molar-refractivity contribution >= 4 is 21.8 Å². The third-order valence-corrected chi connectivity index (χ3v) is 4.08. The van der Waals surface area contributed by atoms with E-state index in [0.29, 0.717) is 17.8 Å². The van der Waals surface area contributed by atoms with E-state index in [1.807, 2.05) is 48.5 Å². The molecule has 1 aromatic heterocycles. The second kappa shape index (κ2) is 7.31. The van der Waals surface area contributed by atoms with Crippen molar-refractivity contribution in [1.82, 2.24) is 15.5 Å². The molecule has 122 valence electrons. The molecule has 0 saturated heterocycles. The van der Waals surface area contributed by atoms with Crippen molar-refractivity contribution in [3.8, 4) is 17.0 Å². The van der Waals surface area contributed by atoms with Gasteiger partial charge in [0.05, 0.1) is 24.6 Å². The molecule has 5 nitrogen and oxygen atoms in total. The summed E-state index contributed by atoms with van der Waals surface area (Å²) in [6.45, 7) is 0.416. The normalized spacial score (nSPS) is 10.4. The number of aromatic nitrogens is 2. The summed E-state index contributed by atoms with van der Waals surface area (Å²) in [5.74, 6) is 0.585. The van der Waals surface area contributed by atoms with Gasteiger partial charge in [-0.1, -0.05) is 40.2 Å². The topological polar surface area (TPSA) is 67.0 Å². The van der Waals surface area contributed by atoms with E-state index in [0.717, 1.165) is 21.3 Å². The lowest BCUT2D eigenvalue weighted by molar-refractivity contribution is 0.0951. The predicted octanol–water partition coefficient (Wildman–Crippen LogP) is 3.78. The van der Waals surface area contributed by atoms with Crippen molar-refractivity contribution < 1.29 is 9.53 Å². The van der Waals surface area contributed by atoms with Crippen molar-refractivity contribution in [2.45, 2.75) is 6.54 Å². The summed E-state index contributed by atoms with van der Waals surface area (Å²) in [5.41, 5.74) is 3.07. The van der Waals surface area contributed by atoms with Crippen LogP contribution in [0.4, 0.5) is 0 Å². The zero-order valence-electron chi connectivity index (χ0n) is 13.0. The van der Waals surface area contributed by atoms with Gasteiger partial charge >= 0.3 is 0 Å². The zero-order valence-corrected chi connectivity index (χ0v) is 14.6. The number of nitrogens with one attached hydrogen (secondary N) is 2. The van der Waals surface area contributed by atoms with Crippen molar-refractivity contribution in [3.63, 3.8) is 0 Å². The fourth-order valence-corrected chi connectivity index (χ4v) is 2.78. The van der Waals surface area contributed by atoms with E-state index < -0.39 is 0 Å². The number of hydrogen-bond donors (Lipinski definition) is 2. The molecule has 24 heavy (non-hydrogen) atoms. The highest BCUT2D eigenvalue weighted by molar-refractivity contribution is 9.10. The number of methoxy groups -OCH3 is 1. The Kier molecular flexibility index (Phi) is 4.96. The van der Waals surface area contributed by atoms with Crippen LogP contribution >= 0.6 is 15.9 Å². The largest absolute Gasteiger partial charge is 0.497 e. The lowest BCUT2D eigenvalue weighted by atomic mass is 10.1. The number of aromatic amines is 1. The number of carbonyl (C=O) groups excluding carboxylic acids is 1. The first-order chi connectivity index (χ1) is 11.7. The molecular weight excluding hydrogens is 370 g/mol. The highest BCUT2D eigenvalue weighted by atomic mass is 79.9. The Labute approximate surface area is 148 Å². The van der Waals surface area contributed by atoms with Gasteiger partial charge < -0.3 is 10.1 Å². The molecule has 0 unspecified atom stereocenters. The second-order valence-corrected chi connectivity index (χ2v) is 6.12. The molecule has 2 aromatic carbocycles. The number of ether oxygens (including phenoxy) is 1. The van der Waals surface area contributed by atoms with E-state index in [1.165, 1.54) is 6.20 Å². The van der Waals surface area contributed by atoms with Crippen LogP contribution in [0.1, 0.15) is 15.9 Å². The van der Waals surface area contributed by atoms with Gasteiger partial charge in [0.2, 0.25) is 0 Å². The van der Waals surface area contributed by atoms with Gasteiger partial charge in [-0.2, -0.15) is 5.10 Å². The molecule has 2 N–H and O–H groups in total. The predicted molar refractivity (Wildman–Crippen MR) is 95.9 cm³/mol. The van der Waals surface area contributed by atoms with Crippen LogP contribution in [0.15, 0.2) is 59.2 Å². The Morgan fingerprint density at radius 1 is 1.25 bits per heavy atom. The number of H-pyrrole nitrogens is 1. The fourth-order valence-electron chi connectivity index (χ4n) is 2.38. The summed E-state index contributed by atoms with van der Waals surface area (Å²) in [4.78, 5) is 12.5. The van der Waals surface area contributed by atoms with Crippen LogP contribution in [-0.2, 0) is 6.54 Å². The van der Waals surface area contributed by atoms with Gasteiger partial charge in [-0.25, -0.2) is 0 Å². The zero-order chi connectivity index (χ0) is 16.9. The van der Waals surface area contributed by atoms with Gasteiger partial charge in [-0.3, -0.25) is 9.89 Å². The van der Waals surface area contributed by atoms with Crippen LogP contribution in [0.2, 0.25) is 0 Å². The Bertz CT molecular complexity index is 861. The molecule has 6 heteroatoms. The summed E-state index contributed by atoms with van der Waals surface area (Å²) in [6.07, 6.45) is 1.54. The van der Waals surface area contributed by atoms with E-state index in [-0.39, 0.29) is 5.91 Å². The molecule has 0 aliphatic carbocycles. The van der Waals surface area contributed by atoms with E-state index in [2.05, 4.69) is 31.4 Å². The summed E-state index contributed by atoms with van der Waals surface area (Å²) in [7, 11) is 1.62. The summed E-state index contributed by atoms with van der Waals surface area (Å²) >= 11 is 3.44. The molecule has 0 aliphatic rings. The first-order valence-corrected chi connectivity index (χ1v) is 8.17. The van der Waals surface area contributed by atoms with Crippen molar-refractivity contribution in [2.75, 3.05) is 7.11 Å². The van der Waals surface area contributed by atoms with E-state index in [4.69, 9.17) is 4.74 Å². The smallest absolute Gasteiger partial charge is 0.255 e. The van der Waals surface area contributed by atoms with Crippen molar-refractivity contribution in [1.29, 1.82) is 0 Å².